The highest BCUT2D eigenvalue weighted by atomic mass is 16.2. The molecule has 1 aliphatic carbocycles. The van der Waals surface area contributed by atoms with Crippen LogP contribution in [0.2, 0.25) is 0 Å². The predicted molar refractivity (Wildman–Crippen MR) is 89.6 cm³/mol. The van der Waals surface area contributed by atoms with Crippen molar-refractivity contribution >= 4 is 11.6 Å². The van der Waals surface area contributed by atoms with Gasteiger partial charge in [0, 0.05) is 11.8 Å². The quantitative estimate of drug-likeness (QED) is 0.942. The Labute approximate surface area is 135 Å². The number of carbonyl (C=O) groups excluding carboxylic acids is 1. The van der Waals surface area contributed by atoms with Crippen molar-refractivity contribution in [3.05, 3.63) is 57.5 Å². The van der Waals surface area contributed by atoms with Crippen LogP contribution in [-0.4, -0.2) is 15.7 Å². The maximum absolute atomic E-state index is 12.3. The van der Waals surface area contributed by atoms with Crippen LogP contribution in [0.4, 0.5) is 5.69 Å². The van der Waals surface area contributed by atoms with Crippen LogP contribution in [0.5, 0.6) is 0 Å². The summed E-state index contributed by atoms with van der Waals surface area (Å²) in [5.41, 5.74) is 3.66. The summed E-state index contributed by atoms with van der Waals surface area (Å²) in [5.74, 6) is -0.226. The smallest absolute Gasteiger partial charge is 0.267 e. The largest absolute Gasteiger partial charge is 0.324 e. The molecule has 23 heavy (non-hydrogen) atoms. The third kappa shape index (κ3) is 3.50. The van der Waals surface area contributed by atoms with E-state index in [2.05, 4.69) is 10.4 Å². The minimum atomic E-state index is -0.226. The molecule has 1 heterocycles. The number of benzene rings is 1. The van der Waals surface area contributed by atoms with Crippen LogP contribution in [0, 0.1) is 0 Å². The molecule has 0 radical (unpaired) electrons. The Morgan fingerprint density at radius 1 is 1.26 bits per heavy atom. The van der Waals surface area contributed by atoms with Crippen molar-refractivity contribution < 1.29 is 4.79 Å². The van der Waals surface area contributed by atoms with Crippen molar-refractivity contribution in [2.75, 3.05) is 5.32 Å². The summed E-state index contributed by atoms with van der Waals surface area (Å²) in [6.45, 7) is 1.99. The van der Waals surface area contributed by atoms with Gasteiger partial charge in [-0.2, -0.15) is 5.10 Å². The molecule has 0 bridgehead atoms. The molecule has 0 unspecified atom stereocenters. The Morgan fingerprint density at radius 3 is 2.87 bits per heavy atom. The Kier molecular flexibility index (Phi) is 4.55. The Balaban J connectivity index is 1.76. The molecule has 0 fully saturated rings. The van der Waals surface area contributed by atoms with Gasteiger partial charge in [-0.3, -0.25) is 9.59 Å². The summed E-state index contributed by atoms with van der Waals surface area (Å²) < 4.78 is 1.27. The van der Waals surface area contributed by atoms with E-state index in [0.29, 0.717) is 0 Å². The van der Waals surface area contributed by atoms with E-state index in [4.69, 9.17) is 0 Å². The lowest BCUT2D eigenvalue weighted by molar-refractivity contribution is -0.117. The Hall–Kier alpha value is -2.43. The molecule has 1 aromatic carbocycles. The predicted octanol–water partition coefficient (Wildman–Crippen LogP) is 2.32. The molecule has 5 heteroatoms. The fraction of sp³-hybridized carbons (Fsp3) is 0.389. The van der Waals surface area contributed by atoms with E-state index in [1.165, 1.54) is 4.68 Å². The van der Waals surface area contributed by atoms with Crippen LogP contribution in [0.25, 0.3) is 0 Å². The molecule has 1 aromatic heterocycles. The first kappa shape index (κ1) is 15.5. The van der Waals surface area contributed by atoms with E-state index in [0.717, 1.165) is 54.6 Å². The van der Waals surface area contributed by atoms with Crippen LogP contribution in [0.3, 0.4) is 0 Å². The van der Waals surface area contributed by atoms with Crippen molar-refractivity contribution in [2.24, 2.45) is 0 Å². The second-order valence-electron chi connectivity index (χ2n) is 5.88. The molecule has 3 rings (SSSR count). The van der Waals surface area contributed by atoms with Crippen LogP contribution in [-0.2, 0) is 30.6 Å². The normalized spacial score (nSPS) is 13.4. The van der Waals surface area contributed by atoms with Gasteiger partial charge in [0.1, 0.15) is 6.54 Å². The molecule has 120 valence electrons. The van der Waals surface area contributed by atoms with Gasteiger partial charge in [-0.15, -0.1) is 0 Å². The highest BCUT2D eigenvalue weighted by Crippen LogP contribution is 2.17. The van der Waals surface area contributed by atoms with Gasteiger partial charge in [0.05, 0.1) is 5.69 Å². The summed E-state index contributed by atoms with van der Waals surface area (Å²) in [5, 5.41) is 7.26. The first-order valence-corrected chi connectivity index (χ1v) is 8.15. The van der Waals surface area contributed by atoms with Crippen LogP contribution in [0.1, 0.15) is 36.6 Å². The number of fused-ring (bicyclic) bond motifs is 1. The summed E-state index contributed by atoms with van der Waals surface area (Å²) in [7, 11) is 0. The van der Waals surface area contributed by atoms with Gasteiger partial charge in [0.25, 0.3) is 5.56 Å². The Morgan fingerprint density at radius 2 is 2.04 bits per heavy atom. The third-order valence-electron chi connectivity index (χ3n) is 4.24. The molecule has 0 saturated carbocycles. The van der Waals surface area contributed by atoms with Crippen LogP contribution in [0.15, 0.2) is 35.1 Å². The number of amides is 1. The van der Waals surface area contributed by atoms with E-state index >= 15 is 0 Å². The van der Waals surface area contributed by atoms with E-state index in [1.807, 2.05) is 31.2 Å². The zero-order valence-electron chi connectivity index (χ0n) is 13.3. The van der Waals surface area contributed by atoms with Gasteiger partial charge in [0.2, 0.25) is 5.91 Å². The van der Waals surface area contributed by atoms with E-state index in [1.54, 1.807) is 6.07 Å². The minimum Gasteiger partial charge on any atom is -0.324 e. The fourth-order valence-corrected chi connectivity index (χ4v) is 2.99. The van der Waals surface area contributed by atoms with Crippen molar-refractivity contribution in [2.45, 2.75) is 45.6 Å². The SMILES string of the molecule is CCc1ccccc1NC(=O)Cn1nc2c(cc1=O)CCCC2. The summed E-state index contributed by atoms with van der Waals surface area (Å²) >= 11 is 0. The monoisotopic (exact) mass is 311 g/mol. The Bertz CT molecular complexity index is 780. The van der Waals surface area contributed by atoms with Crippen molar-refractivity contribution in [3.8, 4) is 0 Å². The van der Waals surface area contributed by atoms with E-state index in [-0.39, 0.29) is 18.0 Å². The second kappa shape index (κ2) is 6.77. The molecule has 1 N–H and O–H groups in total. The first-order chi connectivity index (χ1) is 11.2. The zero-order valence-corrected chi connectivity index (χ0v) is 13.3. The van der Waals surface area contributed by atoms with E-state index in [9.17, 15) is 9.59 Å². The van der Waals surface area contributed by atoms with Crippen molar-refractivity contribution in [3.63, 3.8) is 0 Å². The maximum Gasteiger partial charge on any atom is 0.267 e. The van der Waals surface area contributed by atoms with Crippen LogP contribution < -0.4 is 10.9 Å². The average molecular weight is 311 g/mol. The zero-order chi connectivity index (χ0) is 16.2. The van der Waals surface area contributed by atoms with Gasteiger partial charge in [-0.1, -0.05) is 25.1 Å². The number of para-hydroxylation sites is 1. The van der Waals surface area contributed by atoms with Gasteiger partial charge in [-0.05, 0) is 49.3 Å². The van der Waals surface area contributed by atoms with E-state index < -0.39 is 0 Å². The topological polar surface area (TPSA) is 64.0 Å². The van der Waals surface area contributed by atoms with Crippen molar-refractivity contribution in [1.82, 2.24) is 9.78 Å². The van der Waals surface area contributed by atoms with Crippen molar-refractivity contribution in [1.29, 1.82) is 0 Å². The number of nitrogens with zero attached hydrogens (tertiary/aromatic N) is 2. The van der Waals surface area contributed by atoms with Gasteiger partial charge >= 0.3 is 0 Å². The number of rotatable bonds is 4. The number of nitrogens with one attached hydrogen (secondary N) is 1. The molecule has 1 amide bonds. The lowest BCUT2D eigenvalue weighted by atomic mass is 9.97. The maximum atomic E-state index is 12.3. The molecule has 1 aliphatic rings. The number of aromatic nitrogens is 2. The third-order valence-corrected chi connectivity index (χ3v) is 4.24. The summed E-state index contributed by atoms with van der Waals surface area (Å²) in [6, 6.07) is 9.33. The van der Waals surface area contributed by atoms with Gasteiger partial charge in [-0.25, -0.2) is 4.68 Å². The molecule has 0 aliphatic heterocycles. The average Bonchev–Trinajstić information content (AvgIpc) is 2.56. The molecule has 0 atom stereocenters. The summed E-state index contributed by atoms with van der Waals surface area (Å²) in [4.78, 5) is 24.4. The highest BCUT2D eigenvalue weighted by Gasteiger charge is 2.15. The number of hydrogen-bond donors (Lipinski definition) is 1. The highest BCUT2D eigenvalue weighted by molar-refractivity contribution is 5.91. The summed E-state index contributed by atoms with van der Waals surface area (Å²) in [6.07, 6.45) is 4.83. The lowest BCUT2D eigenvalue weighted by Gasteiger charge is -2.16. The fourth-order valence-electron chi connectivity index (χ4n) is 2.99. The number of aryl methyl sites for hydroxylation is 3. The van der Waals surface area contributed by atoms with Crippen LogP contribution >= 0.6 is 0 Å². The first-order valence-electron chi connectivity index (χ1n) is 8.15. The molecule has 0 saturated heterocycles. The number of hydrogen-bond acceptors (Lipinski definition) is 3. The molecule has 5 nitrogen and oxygen atoms in total. The molecule has 2 aromatic rings. The lowest BCUT2D eigenvalue weighted by Crippen LogP contribution is -2.31. The number of carbonyl (C=O) groups is 1. The standard InChI is InChI=1S/C18H21N3O2/c1-2-13-7-3-5-9-15(13)19-17(22)12-21-18(23)11-14-8-4-6-10-16(14)20-21/h3,5,7,9,11H,2,4,6,8,10,12H2,1H3,(H,19,22). The second-order valence-corrected chi connectivity index (χ2v) is 5.88. The molecular weight excluding hydrogens is 290 g/mol. The molecular formula is C18H21N3O2. The van der Waals surface area contributed by atoms with Gasteiger partial charge < -0.3 is 5.32 Å². The molecule has 0 spiro atoms. The van der Waals surface area contributed by atoms with Gasteiger partial charge in [0.15, 0.2) is 0 Å². The number of anilines is 1. The minimum absolute atomic E-state index is 0.0514.